The molecule has 9 nitrogen and oxygen atoms in total. The average Bonchev–Trinajstić information content (AvgIpc) is 2.76. The molecule has 0 atom stereocenters. The van der Waals surface area contributed by atoms with Crippen molar-refractivity contribution in [3.05, 3.63) is 60.1 Å². The van der Waals surface area contributed by atoms with Gasteiger partial charge < -0.3 is 9.47 Å². The molecule has 3 aromatic heterocycles. The van der Waals surface area contributed by atoms with E-state index < -0.39 is 11.7 Å². The van der Waals surface area contributed by atoms with Crippen molar-refractivity contribution in [2.24, 2.45) is 5.10 Å². The van der Waals surface area contributed by atoms with Crippen LogP contribution in [0.4, 0.5) is 4.39 Å². The number of aromatic nitrogens is 4. The molecule has 0 saturated heterocycles. The predicted octanol–water partition coefficient (Wildman–Crippen LogP) is 2.24. The highest BCUT2D eigenvalue weighted by Gasteiger charge is 2.10. The van der Waals surface area contributed by atoms with Gasteiger partial charge >= 0.3 is 0 Å². The summed E-state index contributed by atoms with van der Waals surface area (Å²) in [6.07, 6.45) is 6.53. The van der Waals surface area contributed by atoms with Gasteiger partial charge in [0, 0.05) is 29.5 Å². The van der Waals surface area contributed by atoms with Crippen molar-refractivity contribution in [3.8, 4) is 23.0 Å². The minimum atomic E-state index is -0.603. The van der Waals surface area contributed by atoms with E-state index in [1.165, 1.54) is 25.6 Å². The van der Waals surface area contributed by atoms with Gasteiger partial charge in [-0.3, -0.25) is 9.78 Å². The van der Waals surface area contributed by atoms with Gasteiger partial charge in [0.2, 0.25) is 11.8 Å². The molecule has 3 aromatic rings. The van der Waals surface area contributed by atoms with Crippen LogP contribution in [-0.2, 0) is 0 Å². The first-order valence-corrected chi connectivity index (χ1v) is 8.55. The second-order valence-corrected chi connectivity index (χ2v) is 5.55. The number of carbonyl (C=O) groups excluding carboxylic acids is 1. The summed E-state index contributed by atoms with van der Waals surface area (Å²) in [7, 11) is 1.41. The molecule has 0 unspecified atom stereocenters. The number of rotatable bonds is 7. The molecule has 0 aliphatic heterocycles. The van der Waals surface area contributed by atoms with Gasteiger partial charge in [0.15, 0.2) is 5.82 Å². The highest BCUT2D eigenvalue weighted by atomic mass is 19.1. The third-order valence-corrected chi connectivity index (χ3v) is 3.63. The standard InChI is InChI=1S/C19H17FN6O3/c1-3-29-17-5-4-12(7-22-17)15-10-21-11-16(25-15)19(27)26-24-8-13-6-18(28-2)23-9-14(13)20/h4-11H,3H2,1-2H3,(H,26,27)/b24-8+. The third-order valence-electron chi connectivity index (χ3n) is 3.63. The maximum atomic E-state index is 13.7. The molecule has 10 heteroatoms. The van der Waals surface area contributed by atoms with Gasteiger partial charge in [-0.05, 0) is 13.0 Å². The number of pyridine rings is 2. The fourth-order valence-electron chi connectivity index (χ4n) is 2.24. The largest absolute Gasteiger partial charge is 0.481 e. The van der Waals surface area contributed by atoms with Crippen LogP contribution >= 0.6 is 0 Å². The zero-order valence-corrected chi connectivity index (χ0v) is 15.7. The lowest BCUT2D eigenvalue weighted by Gasteiger charge is -2.05. The first kappa shape index (κ1) is 19.8. The second kappa shape index (κ2) is 9.31. The SMILES string of the molecule is CCOc1ccc(-c2cncc(C(=O)N/N=C/c3cc(OC)ncc3F)n2)cn1. The minimum Gasteiger partial charge on any atom is -0.481 e. The van der Waals surface area contributed by atoms with E-state index in [-0.39, 0.29) is 17.1 Å². The summed E-state index contributed by atoms with van der Waals surface area (Å²) in [5.74, 6) is -0.487. The average molecular weight is 396 g/mol. The van der Waals surface area contributed by atoms with E-state index in [0.717, 1.165) is 12.4 Å². The molecule has 3 heterocycles. The lowest BCUT2D eigenvalue weighted by atomic mass is 10.2. The second-order valence-electron chi connectivity index (χ2n) is 5.55. The van der Waals surface area contributed by atoms with E-state index >= 15 is 0 Å². The highest BCUT2D eigenvalue weighted by Crippen LogP contribution is 2.18. The van der Waals surface area contributed by atoms with Gasteiger partial charge in [-0.2, -0.15) is 5.10 Å². The monoisotopic (exact) mass is 396 g/mol. The number of halogens is 1. The molecule has 0 aromatic carbocycles. The van der Waals surface area contributed by atoms with Crippen molar-refractivity contribution >= 4 is 12.1 Å². The fourth-order valence-corrected chi connectivity index (χ4v) is 2.24. The fraction of sp³-hybridized carbons (Fsp3) is 0.158. The smallest absolute Gasteiger partial charge is 0.291 e. The lowest BCUT2D eigenvalue weighted by molar-refractivity contribution is 0.0950. The van der Waals surface area contributed by atoms with Gasteiger partial charge in [-0.1, -0.05) is 0 Å². The number of carbonyl (C=O) groups is 1. The van der Waals surface area contributed by atoms with Crippen molar-refractivity contribution in [1.29, 1.82) is 0 Å². The van der Waals surface area contributed by atoms with Crippen molar-refractivity contribution < 1.29 is 18.7 Å². The minimum absolute atomic E-state index is 0.0429. The maximum absolute atomic E-state index is 13.7. The van der Waals surface area contributed by atoms with E-state index in [1.807, 2.05) is 6.92 Å². The molecule has 0 aliphatic rings. The highest BCUT2D eigenvalue weighted by molar-refractivity contribution is 5.93. The first-order valence-electron chi connectivity index (χ1n) is 8.55. The van der Waals surface area contributed by atoms with Crippen LogP contribution in [0, 0.1) is 5.82 Å². The van der Waals surface area contributed by atoms with E-state index in [2.05, 4.69) is 30.5 Å². The summed E-state index contributed by atoms with van der Waals surface area (Å²) in [5.41, 5.74) is 3.56. The Labute approximate surface area is 165 Å². The Morgan fingerprint density at radius 2 is 2.03 bits per heavy atom. The molecule has 0 saturated carbocycles. The number of methoxy groups -OCH3 is 1. The zero-order chi connectivity index (χ0) is 20.6. The number of hydrogen-bond acceptors (Lipinski definition) is 8. The van der Waals surface area contributed by atoms with E-state index in [9.17, 15) is 9.18 Å². The van der Waals surface area contributed by atoms with E-state index in [4.69, 9.17) is 9.47 Å². The Balaban J connectivity index is 1.71. The van der Waals surface area contributed by atoms with Crippen LogP contribution in [0.5, 0.6) is 11.8 Å². The summed E-state index contributed by atoms with van der Waals surface area (Å²) in [4.78, 5) is 28.4. The van der Waals surface area contributed by atoms with Crippen molar-refractivity contribution in [2.45, 2.75) is 6.92 Å². The molecular weight excluding hydrogens is 379 g/mol. The van der Waals surface area contributed by atoms with Crippen molar-refractivity contribution in [3.63, 3.8) is 0 Å². The Hall–Kier alpha value is -3.95. The van der Waals surface area contributed by atoms with Crippen LogP contribution < -0.4 is 14.9 Å². The van der Waals surface area contributed by atoms with Gasteiger partial charge in [0.05, 0.1) is 44.2 Å². The van der Waals surface area contributed by atoms with E-state index in [0.29, 0.717) is 23.7 Å². The quantitative estimate of drug-likeness (QED) is 0.481. The Kier molecular flexibility index (Phi) is 6.36. The topological polar surface area (TPSA) is 111 Å². The molecule has 0 fully saturated rings. The Morgan fingerprint density at radius 1 is 1.21 bits per heavy atom. The molecule has 0 aliphatic carbocycles. The lowest BCUT2D eigenvalue weighted by Crippen LogP contribution is -2.19. The van der Waals surface area contributed by atoms with Crippen LogP contribution in [-0.4, -0.2) is 45.8 Å². The summed E-state index contributed by atoms with van der Waals surface area (Å²) in [6, 6.07) is 4.82. The van der Waals surface area contributed by atoms with Crippen LogP contribution in [0.3, 0.4) is 0 Å². The molecule has 0 bridgehead atoms. The first-order chi connectivity index (χ1) is 14.1. The van der Waals surface area contributed by atoms with Crippen LogP contribution in [0.15, 0.2) is 48.1 Å². The molecule has 0 spiro atoms. The summed E-state index contributed by atoms with van der Waals surface area (Å²) in [5, 5.41) is 3.74. The van der Waals surface area contributed by atoms with E-state index in [1.54, 1.807) is 18.3 Å². The number of hydrazone groups is 1. The van der Waals surface area contributed by atoms with Crippen molar-refractivity contribution in [2.75, 3.05) is 13.7 Å². The molecule has 1 amide bonds. The van der Waals surface area contributed by atoms with Gasteiger partial charge in [-0.25, -0.2) is 24.8 Å². The van der Waals surface area contributed by atoms with Crippen molar-refractivity contribution in [1.82, 2.24) is 25.4 Å². The predicted molar refractivity (Wildman–Crippen MR) is 102 cm³/mol. The maximum Gasteiger partial charge on any atom is 0.291 e. The van der Waals surface area contributed by atoms with Crippen LogP contribution in [0.1, 0.15) is 23.0 Å². The normalized spacial score (nSPS) is 10.7. The van der Waals surface area contributed by atoms with Gasteiger partial charge in [0.25, 0.3) is 5.91 Å². The molecule has 3 rings (SSSR count). The number of nitrogens with zero attached hydrogens (tertiary/aromatic N) is 5. The molecule has 148 valence electrons. The number of amides is 1. The summed E-state index contributed by atoms with van der Waals surface area (Å²) >= 11 is 0. The summed E-state index contributed by atoms with van der Waals surface area (Å²) < 4.78 is 23.9. The number of nitrogens with one attached hydrogen (secondary N) is 1. The Morgan fingerprint density at radius 3 is 2.76 bits per heavy atom. The third kappa shape index (κ3) is 5.06. The molecule has 29 heavy (non-hydrogen) atoms. The Bertz CT molecular complexity index is 1030. The number of ether oxygens (including phenoxy) is 2. The molecule has 1 N–H and O–H groups in total. The molecular formula is C19H17FN6O3. The zero-order valence-electron chi connectivity index (χ0n) is 15.7. The van der Waals surface area contributed by atoms with Crippen LogP contribution in [0.2, 0.25) is 0 Å². The number of hydrogen-bond donors (Lipinski definition) is 1. The van der Waals surface area contributed by atoms with Gasteiger partial charge in [0.1, 0.15) is 5.69 Å². The van der Waals surface area contributed by atoms with Gasteiger partial charge in [-0.15, -0.1) is 0 Å². The summed E-state index contributed by atoms with van der Waals surface area (Å²) in [6.45, 7) is 2.38. The van der Waals surface area contributed by atoms with Crippen LogP contribution in [0.25, 0.3) is 11.3 Å². The molecule has 0 radical (unpaired) electrons.